The van der Waals surface area contributed by atoms with Gasteiger partial charge in [-0.3, -0.25) is 4.79 Å². The zero-order valence-electron chi connectivity index (χ0n) is 14.7. The van der Waals surface area contributed by atoms with Gasteiger partial charge in [0, 0.05) is 17.8 Å². The number of carboxylic acids is 1. The van der Waals surface area contributed by atoms with E-state index in [0.29, 0.717) is 23.5 Å². The average Bonchev–Trinajstić information content (AvgIpc) is 2.88. The van der Waals surface area contributed by atoms with Crippen molar-refractivity contribution in [2.75, 3.05) is 5.32 Å². The molecule has 3 aromatic rings. The normalized spacial score (nSPS) is 10.5. The summed E-state index contributed by atoms with van der Waals surface area (Å²) in [5.41, 5.74) is 3.10. The third-order valence-corrected chi connectivity index (χ3v) is 4.49. The second-order valence-corrected chi connectivity index (χ2v) is 6.13. The molecule has 0 spiro atoms. The molecule has 5 heteroatoms. The minimum absolute atomic E-state index is 0.128. The molecule has 1 amide bonds. The maximum Gasteiger partial charge on any atom is 0.339 e. The van der Waals surface area contributed by atoms with Crippen LogP contribution in [0.4, 0.5) is 5.82 Å². The second-order valence-electron chi connectivity index (χ2n) is 6.13. The Morgan fingerprint density at radius 3 is 2.12 bits per heavy atom. The number of rotatable bonds is 5. The van der Waals surface area contributed by atoms with Gasteiger partial charge in [-0.1, -0.05) is 48.5 Å². The van der Waals surface area contributed by atoms with E-state index >= 15 is 0 Å². The van der Waals surface area contributed by atoms with E-state index in [2.05, 4.69) is 5.32 Å². The minimum atomic E-state index is -1.05. The van der Waals surface area contributed by atoms with Crippen molar-refractivity contribution >= 4 is 17.7 Å². The predicted octanol–water partition coefficient (Wildman–Crippen LogP) is 4.10. The number of nitrogens with zero attached hydrogens (tertiary/aromatic N) is 1. The lowest BCUT2D eigenvalue weighted by Gasteiger charge is -2.14. The summed E-state index contributed by atoms with van der Waals surface area (Å²) in [6.45, 7) is 4.10. The van der Waals surface area contributed by atoms with Crippen LogP contribution in [0.15, 0.2) is 60.7 Å². The molecule has 0 fully saturated rings. The van der Waals surface area contributed by atoms with E-state index in [0.717, 1.165) is 11.3 Å². The van der Waals surface area contributed by atoms with E-state index in [9.17, 15) is 14.7 Å². The third-order valence-electron chi connectivity index (χ3n) is 4.49. The molecule has 3 rings (SSSR count). The molecule has 2 aromatic carbocycles. The summed E-state index contributed by atoms with van der Waals surface area (Å²) in [5.74, 6) is -1.08. The molecular formula is C21H20N2O3. The van der Waals surface area contributed by atoms with Gasteiger partial charge in [0.15, 0.2) is 0 Å². The van der Waals surface area contributed by atoms with Gasteiger partial charge >= 0.3 is 5.97 Å². The molecule has 0 radical (unpaired) electrons. The van der Waals surface area contributed by atoms with Gasteiger partial charge in [-0.05, 0) is 37.1 Å². The number of hydrogen-bond acceptors (Lipinski definition) is 2. The Balaban J connectivity index is 2.05. The van der Waals surface area contributed by atoms with Crippen molar-refractivity contribution in [2.24, 2.45) is 0 Å². The van der Waals surface area contributed by atoms with Gasteiger partial charge < -0.3 is 15.0 Å². The molecule has 26 heavy (non-hydrogen) atoms. The number of carboxylic acid groups (broad SMARTS) is 1. The molecule has 0 atom stereocenters. The monoisotopic (exact) mass is 348 g/mol. The largest absolute Gasteiger partial charge is 0.478 e. The van der Waals surface area contributed by atoms with Crippen molar-refractivity contribution in [3.8, 4) is 0 Å². The number of aromatic nitrogens is 1. The SMILES string of the molecule is Cc1c(C(=O)O)c(NC(=O)c2ccccc2)n(Cc2ccccc2)c1C. The molecule has 0 saturated carbocycles. The number of nitrogens with one attached hydrogen (secondary N) is 1. The van der Waals surface area contributed by atoms with Crippen LogP contribution in [0.5, 0.6) is 0 Å². The summed E-state index contributed by atoms with van der Waals surface area (Å²) < 4.78 is 1.84. The van der Waals surface area contributed by atoms with E-state index in [-0.39, 0.29) is 11.5 Å². The Morgan fingerprint density at radius 1 is 0.962 bits per heavy atom. The summed E-state index contributed by atoms with van der Waals surface area (Å²) in [4.78, 5) is 24.4. The average molecular weight is 348 g/mol. The highest BCUT2D eigenvalue weighted by Gasteiger charge is 2.24. The first kappa shape index (κ1) is 17.5. The fourth-order valence-corrected chi connectivity index (χ4v) is 2.99. The zero-order valence-corrected chi connectivity index (χ0v) is 14.7. The summed E-state index contributed by atoms with van der Waals surface area (Å²) in [7, 11) is 0. The zero-order chi connectivity index (χ0) is 18.7. The molecule has 5 nitrogen and oxygen atoms in total. The lowest BCUT2D eigenvalue weighted by atomic mass is 10.1. The number of benzene rings is 2. The first-order valence-corrected chi connectivity index (χ1v) is 8.32. The van der Waals surface area contributed by atoms with Gasteiger partial charge in [0.2, 0.25) is 0 Å². The molecule has 0 unspecified atom stereocenters. The quantitative estimate of drug-likeness (QED) is 0.729. The van der Waals surface area contributed by atoms with Crippen molar-refractivity contribution in [3.63, 3.8) is 0 Å². The molecule has 2 N–H and O–H groups in total. The molecule has 0 aliphatic rings. The maximum absolute atomic E-state index is 12.6. The molecule has 0 aliphatic carbocycles. The number of carbonyl (C=O) groups excluding carboxylic acids is 1. The van der Waals surface area contributed by atoms with Crippen molar-refractivity contribution in [1.82, 2.24) is 4.57 Å². The Kier molecular flexibility index (Phi) is 4.89. The van der Waals surface area contributed by atoms with E-state index in [4.69, 9.17) is 0 Å². The standard InChI is InChI=1S/C21H20N2O3/c1-14-15(2)23(13-16-9-5-3-6-10-16)19(18(14)21(25)26)22-20(24)17-11-7-4-8-12-17/h3-12H,13H2,1-2H3,(H,22,24)(H,25,26). The van der Waals surface area contributed by atoms with Crippen LogP contribution in [-0.4, -0.2) is 21.6 Å². The van der Waals surface area contributed by atoms with E-state index in [1.165, 1.54) is 0 Å². The van der Waals surface area contributed by atoms with Crippen molar-refractivity contribution in [1.29, 1.82) is 0 Å². The lowest BCUT2D eigenvalue weighted by Crippen LogP contribution is -2.18. The fraction of sp³-hybridized carbons (Fsp3) is 0.143. The van der Waals surface area contributed by atoms with Crippen LogP contribution < -0.4 is 5.32 Å². The molecule has 0 aliphatic heterocycles. The Bertz CT molecular complexity index is 944. The van der Waals surface area contributed by atoms with Crippen LogP contribution in [0.2, 0.25) is 0 Å². The molecule has 0 saturated heterocycles. The highest BCUT2D eigenvalue weighted by molar-refractivity contribution is 6.07. The number of amides is 1. The van der Waals surface area contributed by atoms with Crippen LogP contribution in [0.1, 0.15) is 37.5 Å². The molecule has 1 aromatic heterocycles. The van der Waals surface area contributed by atoms with Crippen LogP contribution in [0.3, 0.4) is 0 Å². The number of carbonyl (C=O) groups is 2. The highest BCUT2D eigenvalue weighted by atomic mass is 16.4. The van der Waals surface area contributed by atoms with E-state index < -0.39 is 5.97 Å². The van der Waals surface area contributed by atoms with Gasteiger partial charge in [-0.25, -0.2) is 4.79 Å². The molecule has 0 bridgehead atoms. The van der Waals surface area contributed by atoms with Crippen LogP contribution in [-0.2, 0) is 6.54 Å². The smallest absolute Gasteiger partial charge is 0.339 e. The van der Waals surface area contributed by atoms with Gasteiger partial charge in [0.05, 0.1) is 0 Å². The lowest BCUT2D eigenvalue weighted by molar-refractivity contribution is 0.0697. The summed E-state index contributed by atoms with van der Waals surface area (Å²) in [5, 5.41) is 12.5. The van der Waals surface area contributed by atoms with E-state index in [1.54, 1.807) is 31.2 Å². The number of hydrogen-bond donors (Lipinski definition) is 2. The maximum atomic E-state index is 12.6. The molecular weight excluding hydrogens is 328 g/mol. The van der Waals surface area contributed by atoms with Gasteiger partial charge in [-0.15, -0.1) is 0 Å². The summed E-state index contributed by atoms with van der Waals surface area (Å²) in [6.07, 6.45) is 0. The predicted molar refractivity (Wildman–Crippen MR) is 101 cm³/mol. The second kappa shape index (κ2) is 7.27. The van der Waals surface area contributed by atoms with Crippen LogP contribution >= 0.6 is 0 Å². The Morgan fingerprint density at radius 2 is 1.54 bits per heavy atom. The van der Waals surface area contributed by atoms with Gasteiger partial charge in [-0.2, -0.15) is 0 Å². The number of anilines is 1. The van der Waals surface area contributed by atoms with Crippen LogP contribution in [0, 0.1) is 13.8 Å². The van der Waals surface area contributed by atoms with Gasteiger partial charge in [0.1, 0.15) is 11.4 Å². The Hall–Kier alpha value is -3.34. The fourth-order valence-electron chi connectivity index (χ4n) is 2.99. The topological polar surface area (TPSA) is 71.3 Å². The van der Waals surface area contributed by atoms with Crippen molar-refractivity contribution < 1.29 is 14.7 Å². The summed E-state index contributed by atoms with van der Waals surface area (Å²) >= 11 is 0. The van der Waals surface area contributed by atoms with Crippen LogP contribution in [0.25, 0.3) is 0 Å². The van der Waals surface area contributed by atoms with E-state index in [1.807, 2.05) is 47.9 Å². The molecule has 1 heterocycles. The first-order valence-electron chi connectivity index (χ1n) is 8.32. The van der Waals surface area contributed by atoms with Crippen molar-refractivity contribution in [3.05, 3.63) is 88.6 Å². The summed E-state index contributed by atoms with van der Waals surface area (Å²) in [6, 6.07) is 18.5. The molecule has 132 valence electrons. The van der Waals surface area contributed by atoms with Crippen molar-refractivity contribution in [2.45, 2.75) is 20.4 Å². The Labute approximate surface area is 151 Å². The minimum Gasteiger partial charge on any atom is -0.478 e. The van der Waals surface area contributed by atoms with Gasteiger partial charge in [0.25, 0.3) is 5.91 Å². The first-order chi connectivity index (χ1) is 12.5. The third kappa shape index (κ3) is 3.37. The highest BCUT2D eigenvalue weighted by Crippen LogP contribution is 2.28. The number of aromatic carboxylic acids is 1.